The Hall–Kier alpha value is -4.46. The van der Waals surface area contributed by atoms with Gasteiger partial charge in [0.15, 0.2) is 28.4 Å². The number of phenols is 1. The highest BCUT2D eigenvalue weighted by Gasteiger charge is 2.43. The molecule has 2 aliphatic heterocycles. The first-order valence-electron chi connectivity index (χ1n) is 11.5. The summed E-state index contributed by atoms with van der Waals surface area (Å²) in [6, 6.07) is 13.1. The fourth-order valence-electron chi connectivity index (χ4n) is 4.89. The zero-order chi connectivity index (χ0) is 25.1. The van der Waals surface area contributed by atoms with Crippen molar-refractivity contribution in [3.05, 3.63) is 92.3 Å². The number of amides is 1. The van der Waals surface area contributed by atoms with Gasteiger partial charge in [-0.1, -0.05) is 12.1 Å². The molecule has 4 aromatic rings. The summed E-state index contributed by atoms with van der Waals surface area (Å²) in [4.78, 5) is 29.2. The summed E-state index contributed by atoms with van der Waals surface area (Å²) in [6.07, 6.45) is 0. The van der Waals surface area contributed by atoms with E-state index in [4.69, 9.17) is 18.6 Å². The average molecular weight is 485 g/mol. The van der Waals surface area contributed by atoms with Gasteiger partial charge in [0.05, 0.1) is 24.1 Å². The molecule has 0 saturated carbocycles. The highest BCUT2D eigenvalue weighted by Crippen LogP contribution is 2.42. The molecule has 8 nitrogen and oxygen atoms in total. The maximum absolute atomic E-state index is 13.8. The number of carbonyl (C=O) groups is 1. The SMILES string of the molecule is COc1cc(C2c3c(oc4cc(C)c(C)cc4c3=O)C(=O)N2Cc2ccc3c(c2)OCO3)ccc1O. The van der Waals surface area contributed by atoms with E-state index in [0.29, 0.717) is 28.0 Å². The second kappa shape index (κ2) is 8.05. The number of phenolic OH excluding ortho intramolecular Hbond substituents is 1. The van der Waals surface area contributed by atoms with Gasteiger partial charge in [0, 0.05) is 6.54 Å². The molecule has 36 heavy (non-hydrogen) atoms. The number of hydrogen-bond donors (Lipinski definition) is 1. The maximum atomic E-state index is 13.8. The molecule has 3 aromatic carbocycles. The molecule has 2 aliphatic rings. The van der Waals surface area contributed by atoms with Crippen LogP contribution in [0.3, 0.4) is 0 Å². The standard InChI is InChI=1S/C28H23NO7/c1-14-8-18-21(9-15(14)2)36-27-24(26(18)31)25(17-5-6-19(30)22(11-17)33-3)29(28(27)32)12-16-4-7-20-23(10-16)35-13-34-20/h4-11,25,30H,12-13H2,1-3H3. The highest BCUT2D eigenvalue weighted by atomic mass is 16.7. The van der Waals surface area contributed by atoms with E-state index in [-0.39, 0.29) is 41.6 Å². The molecule has 8 heteroatoms. The Morgan fingerprint density at radius 3 is 2.58 bits per heavy atom. The van der Waals surface area contributed by atoms with E-state index in [1.54, 1.807) is 35.2 Å². The highest BCUT2D eigenvalue weighted by molar-refractivity contribution is 5.99. The van der Waals surface area contributed by atoms with E-state index in [9.17, 15) is 14.7 Å². The normalized spacial score (nSPS) is 16.0. The van der Waals surface area contributed by atoms with Crippen molar-refractivity contribution in [1.82, 2.24) is 4.90 Å². The molecule has 0 fully saturated rings. The molecule has 0 spiro atoms. The molecule has 0 bridgehead atoms. The van der Waals surface area contributed by atoms with E-state index >= 15 is 0 Å². The Kier molecular flexibility index (Phi) is 4.93. The third kappa shape index (κ3) is 3.29. The number of fused-ring (bicyclic) bond motifs is 3. The lowest BCUT2D eigenvalue weighted by molar-refractivity contribution is 0.0714. The first kappa shape index (κ1) is 22.0. The van der Waals surface area contributed by atoms with Crippen molar-refractivity contribution < 1.29 is 28.5 Å². The number of nitrogens with zero attached hydrogens (tertiary/aromatic N) is 1. The van der Waals surface area contributed by atoms with Crippen molar-refractivity contribution in [2.75, 3.05) is 13.9 Å². The smallest absolute Gasteiger partial charge is 0.291 e. The van der Waals surface area contributed by atoms with Gasteiger partial charge in [0.25, 0.3) is 5.91 Å². The number of carbonyl (C=O) groups excluding carboxylic acids is 1. The van der Waals surface area contributed by atoms with Crippen molar-refractivity contribution in [1.29, 1.82) is 0 Å². The fourth-order valence-corrected chi connectivity index (χ4v) is 4.89. The third-order valence-corrected chi connectivity index (χ3v) is 6.89. The van der Waals surface area contributed by atoms with E-state index < -0.39 is 11.9 Å². The summed E-state index contributed by atoms with van der Waals surface area (Å²) in [5.41, 5.74) is 3.74. The van der Waals surface area contributed by atoms with Crippen LogP contribution in [0.2, 0.25) is 0 Å². The van der Waals surface area contributed by atoms with Gasteiger partial charge in [-0.25, -0.2) is 0 Å². The molecule has 1 N–H and O–H groups in total. The number of methoxy groups -OCH3 is 1. The number of rotatable bonds is 4. The first-order valence-corrected chi connectivity index (χ1v) is 11.5. The second-order valence-electron chi connectivity index (χ2n) is 9.06. The Balaban J connectivity index is 1.55. The van der Waals surface area contributed by atoms with Gasteiger partial charge >= 0.3 is 0 Å². The van der Waals surface area contributed by atoms with Crippen LogP contribution in [0, 0.1) is 13.8 Å². The predicted molar refractivity (Wildman–Crippen MR) is 131 cm³/mol. The van der Waals surface area contributed by atoms with Crippen LogP contribution in [0.25, 0.3) is 11.0 Å². The third-order valence-electron chi connectivity index (χ3n) is 6.89. The topological polar surface area (TPSA) is 98.4 Å². The van der Waals surface area contributed by atoms with Crippen LogP contribution in [0.1, 0.15) is 44.4 Å². The molecule has 1 unspecified atom stereocenters. The van der Waals surface area contributed by atoms with Crippen molar-refractivity contribution in [3.63, 3.8) is 0 Å². The van der Waals surface area contributed by atoms with E-state index in [1.807, 2.05) is 26.0 Å². The molecule has 0 saturated heterocycles. The Labute approximate surface area is 206 Å². The lowest BCUT2D eigenvalue weighted by Crippen LogP contribution is -2.29. The van der Waals surface area contributed by atoms with Gasteiger partial charge in [0.1, 0.15) is 5.58 Å². The van der Waals surface area contributed by atoms with Crippen LogP contribution in [-0.2, 0) is 6.54 Å². The summed E-state index contributed by atoms with van der Waals surface area (Å²) in [5, 5.41) is 10.6. The fraction of sp³-hybridized carbons (Fsp3) is 0.214. The van der Waals surface area contributed by atoms with Crippen molar-refractivity contribution in [2.45, 2.75) is 26.4 Å². The summed E-state index contributed by atoms with van der Waals surface area (Å²) < 4.78 is 22.3. The zero-order valence-corrected chi connectivity index (χ0v) is 20.0. The summed E-state index contributed by atoms with van der Waals surface area (Å²) in [7, 11) is 1.45. The second-order valence-corrected chi connectivity index (χ2v) is 9.06. The van der Waals surface area contributed by atoms with Crippen molar-refractivity contribution in [2.24, 2.45) is 0 Å². The van der Waals surface area contributed by atoms with Gasteiger partial charge in [-0.05, 0) is 72.5 Å². The van der Waals surface area contributed by atoms with Gasteiger partial charge in [0.2, 0.25) is 12.6 Å². The minimum absolute atomic E-state index is 0.0218. The van der Waals surface area contributed by atoms with E-state index in [0.717, 1.165) is 16.7 Å². The van der Waals surface area contributed by atoms with Crippen LogP contribution in [-0.4, -0.2) is 29.8 Å². The van der Waals surface area contributed by atoms with Crippen LogP contribution in [0.4, 0.5) is 0 Å². The predicted octanol–water partition coefficient (Wildman–Crippen LogP) is 4.60. The van der Waals surface area contributed by atoms with Crippen molar-refractivity contribution >= 4 is 16.9 Å². The lowest BCUT2D eigenvalue weighted by atomic mass is 9.97. The minimum Gasteiger partial charge on any atom is -0.504 e. The molecule has 1 atom stereocenters. The number of benzene rings is 3. The van der Waals surface area contributed by atoms with Gasteiger partial charge in [-0.15, -0.1) is 0 Å². The molecule has 0 radical (unpaired) electrons. The quantitative estimate of drug-likeness (QED) is 0.451. The molecule has 182 valence electrons. The van der Waals surface area contributed by atoms with E-state index in [2.05, 4.69) is 0 Å². The minimum atomic E-state index is -0.741. The van der Waals surface area contributed by atoms with E-state index in [1.165, 1.54) is 13.2 Å². The zero-order valence-electron chi connectivity index (χ0n) is 20.0. The summed E-state index contributed by atoms with van der Waals surface area (Å²) >= 11 is 0. The number of aromatic hydroxyl groups is 1. The van der Waals surface area contributed by atoms with Crippen LogP contribution >= 0.6 is 0 Å². The number of hydrogen-bond acceptors (Lipinski definition) is 7. The molecule has 1 amide bonds. The average Bonchev–Trinajstić information content (AvgIpc) is 3.44. The van der Waals surface area contributed by atoms with Crippen LogP contribution in [0.15, 0.2) is 57.7 Å². The molecule has 0 aliphatic carbocycles. The molecule has 1 aromatic heterocycles. The number of ether oxygens (including phenoxy) is 3. The first-order chi connectivity index (χ1) is 17.4. The molecule has 6 rings (SSSR count). The Morgan fingerprint density at radius 1 is 1.00 bits per heavy atom. The Morgan fingerprint density at radius 2 is 1.78 bits per heavy atom. The summed E-state index contributed by atoms with van der Waals surface area (Å²) in [5.74, 6) is 1.08. The van der Waals surface area contributed by atoms with Gasteiger partial charge in [-0.2, -0.15) is 0 Å². The van der Waals surface area contributed by atoms with Gasteiger partial charge < -0.3 is 28.6 Å². The largest absolute Gasteiger partial charge is 0.504 e. The van der Waals surface area contributed by atoms with Crippen molar-refractivity contribution in [3.8, 4) is 23.0 Å². The van der Waals surface area contributed by atoms with Crippen LogP contribution < -0.4 is 19.6 Å². The Bertz CT molecular complexity index is 1620. The van der Waals surface area contributed by atoms with Crippen LogP contribution in [0.5, 0.6) is 23.0 Å². The summed E-state index contributed by atoms with van der Waals surface area (Å²) in [6.45, 7) is 4.20. The molecular weight excluding hydrogens is 462 g/mol. The number of aryl methyl sites for hydroxylation is 2. The molecular formula is C28H23NO7. The van der Waals surface area contributed by atoms with Gasteiger partial charge in [-0.3, -0.25) is 9.59 Å². The lowest BCUT2D eigenvalue weighted by Gasteiger charge is -2.25. The monoisotopic (exact) mass is 485 g/mol. The molecule has 3 heterocycles. The maximum Gasteiger partial charge on any atom is 0.291 e.